The number of thioether (sulfide) groups is 1. The predicted molar refractivity (Wildman–Crippen MR) is 60.1 cm³/mol. The Hall–Kier alpha value is -1.04. The average Bonchev–Trinajstić information content (AvgIpc) is 2.22. The first-order valence-electron chi connectivity index (χ1n) is 5.16. The van der Waals surface area contributed by atoms with Crippen molar-refractivity contribution < 1.29 is 19.5 Å². The first kappa shape index (κ1) is 13.0. The molecule has 0 aromatic heterocycles. The van der Waals surface area contributed by atoms with Gasteiger partial charge in [0.2, 0.25) is 11.8 Å². The van der Waals surface area contributed by atoms with Crippen LogP contribution in [0.1, 0.15) is 19.8 Å². The molecule has 1 unspecified atom stereocenters. The van der Waals surface area contributed by atoms with E-state index in [2.05, 4.69) is 0 Å². The quantitative estimate of drug-likeness (QED) is 0.717. The van der Waals surface area contributed by atoms with Crippen molar-refractivity contribution in [1.82, 2.24) is 4.90 Å². The maximum Gasteiger partial charge on any atom is 0.306 e. The molecule has 0 radical (unpaired) electrons. The van der Waals surface area contributed by atoms with Gasteiger partial charge in [0.25, 0.3) is 0 Å². The number of rotatable bonds is 5. The summed E-state index contributed by atoms with van der Waals surface area (Å²) in [6.07, 6.45) is 1.04. The van der Waals surface area contributed by atoms with Gasteiger partial charge in [-0.3, -0.25) is 19.3 Å². The third-order valence-electron chi connectivity index (χ3n) is 2.49. The molecule has 90 valence electrons. The second-order valence-electron chi connectivity index (χ2n) is 3.81. The van der Waals surface area contributed by atoms with Gasteiger partial charge >= 0.3 is 5.97 Å². The minimum absolute atomic E-state index is 0.163. The first-order valence-corrected chi connectivity index (χ1v) is 6.31. The third-order valence-corrected chi connectivity index (χ3v) is 3.40. The molecule has 1 heterocycles. The van der Waals surface area contributed by atoms with E-state index in [4.69, 9.17) is 5.11 Å². The molecular weight excluding hydrogens is 230 g/mol. The summed E-state index contributed by atoms with van der Waals surface area (Å²) in [6, 6.07) is 0. The number of hydrogen-bond donors (Lipinski definition) is 1. The van der Waals surface area contributed by atoms with Crippen LogP contribution in [0.25, 0.3) is 0 Å². The minimum Gasteiger partial charge on any atom is -0.481 e. The van der Waals surface area contributed by atoms with Crippen LogP contribution in [0.4, 0.5) is 0 Å². The van der Waals surface area contributed by atoms with Crippen molar-refractivity contribution in [2.75, 3.05) is 18.1 Å². The van der Waals surface area contributed by atoms with Crippen molar-refractivity contribution in [1.29, 1.82) is 0 Å². The Kier molecular flexibility index (Phi) is 4.79. The lowest BCUT2D eigenvalue weighted by Gasteiger charge is -2.24. The van der Waals surface area contributed by atoms with Crippen molar-refractivity contribution in [2.45, 2.75) is 19.8 Å². The summed E-state index contributed by atoms with van der Waals surface area (Å²) in [5, 5.41) is 8.67. The number of imide groups is 1. The molecule has 1 fully saturated rings. The van der Waals surface area contributed by atoms with Crippen molar-refractivity contribution >= 4 is 29.5 Å². The van der Waals surface area contributed by atoms with E-state index in [1.165, 1.54) is 16.7 Å². The molecule has 6 heteroatoms. The predicted octanol–water partition coefficient (Wildman–Crippen LogP) is 0.589. The van der Waals surface area contributed by atoms with Gasteiger partial charge in [-0.15, -0.1) is 11.8 Å². The van der Waals surface area contributed by atoms with Gasteiger partial charge in [-0.1, -0.05) is 6.92 Å². The fourth-order valence-electron chi connectivity index (χ4n) is 1.45. The van der Waals surface area contributed by atoms with Gasteiger partial charge in [0.1, 0.15) is 0 Å². The second-order valence-corrected chi connectivity index (χ2v) is 4.80. The van der Waals surface area contributed by atoms with Crippen LogP contribution in [0.3, 0.4) is 0 Å². The lowest BCUT2D eigenvalue weighted by Crippen LogP contribution is -2.43. The summed E-state index contributed by atoms with van der Waals surface area (Å²) in [7, 11) is 0. The fourth-order valence-corrected chi connectivity index (χ4v) is 2.21. The van der Waals surface area contributed by atoms with Crippen LogP contribution in [0, 0.1) is 5.92 Å². The van der Waals surface area contributed by atoms with Gasteiger partial charge in [0.15, 0.2) is 0 Å². The van der Waals surface area contributed by atoms with Crippen LogP contribution in [0.15, 0.2) is 0 Å². The maximum absolute atomic E-state index is 11.4. The summed E-state index contributed by atoms with van der Waals surface area (Å²) in [5.41, 5.74) is 0. The molecule has 0 spiro atoms. The molecule has 1 atom stereocenters. The fraction of sp³-hybridized carbons (Fsp3) is 0.700. The summed E-state index contributed by atoms with van der Waals surface area (Å²) in [5.74, 6) is -0.898. The van der Waals surface area contributed by atoms with Crippen LogP contribution >= 0.6 is 11.8 Å². The van der Waals surface area contributed by atoms with Crippen LogP contribution in [-0.2, 0) is 14.4 Å². The van der Waals surface area contributed by atoms with Gasteiger partial charge in [-0.05, 0) is 12.8 Å². The van der Waals surface area contributed by atoms with Crippen LogP contribution in [0.2, 0.25) is 0 Å². The molecular formula is C10H15NO4S. The highest BCUT2D eigenvalue weighted by Gasteiger charge is 2.25. The highest BCUT2D eigenvalue weighted by atomic mass is 32.2. The van der Waals surface area contributed by atoms with E-state index in [9.17, 15) is 14.4 Å². The third kappa shape index (κ3) is 3.52. The zero-order valence-corrected chi connectivity index (χ0v) is 9.96. The molecule has 0 aromatic carbocycles. The van der Waals surface area contributed by atoms with Crippen molar-refractivity contribution in [3.63, 3.8) is 0 Å². The molecule has 1 rings (SSSR count). The Bertz CT molecular complexity index is 289. The lowest BCUT2D eigenvalue weighted by molar-refractivity contribution is -0.142. The number of carboxylic acid groups (broad SMARTS) is 1. The van der Waals surface area contributed by atoms with E-state index in [1.54, 1.807) is 6.92 Å². The molecule has 0 aliphatic carbocycles. The largest absolute Gasteiger partial charge is 0.481 e. The molecule has 1 N–H and O–H groups in total. The summed E-state index contributed by atoms with van der Waals surface area (Å²) in [4.78, 5) is 34.6. The van der Waals surface area contributed by atoms with E-state index >= 15 is 0 Å². The second kappa shape index (κ2) is 5.89. The number of carboxylic acids is 1. The number of carbonyl (C=O) groups excluding carboxylic acids is 2. The Labute approximate surface area is 98.2 Å². The molecule has 0 aromatic rings. The smallest absolute Gasteiger partial charge is 0.306 e. The number of amides is 2. The maximum atomic E-state index is 11.4. The highest BCUT2D eigenvalue weighted by molar-refractivity contribution is 8.00. The van der Waals surface area contributed by atoms with Crippen LogP contribution in [0.5, 0.6) is 0 Å². The SMILES string of the molecule is CC(CCCN1C(=O)CSCC1=O)C(=O)O. The van der Waals surface area contributed by atoms with Crippen molar-refractivity contribution in [3.05, 3.63) is 0 Å². The molecule has 2 amide bonds. The standard InChI is InChI=1S/C10H15NO4S/c1-7(10(14)15)3-2-4-11-8(12)5-16-6-9(11)13/h7H,2-6H2,1H3,(H,14,15). The van der Waals surface area contributed by atoms with Crippen molar-refractivity contribution in [3.8, 4) is 0 Å². The summed E-state index contributed by atoms with van der Waals surface area (Å²) < 4.78 is 0. The number of aliphatic carboxylic acids is 1. The molecule has 5 nitrogen and oxygen atoms in total. The van der Waals surface area contributed by atoms with E-state index in [0.29, 0.717) is 30.9 Å². The number of hydrogen-bond acceptors (Lipinski definition) is 4. The van der Waals surface area contributed by atoms with Gasteiger partial charge in [0.05, 0.1) is 17.4 Å². The molecule has 16 heavy (non-hydrogen) atoms. The van der Waals surface area contributed by atoms with Crippen LogP contribution in [-0.4, -0.2) is 45.8 Å². The molecule has 1 aliphatic rings. The average molecular weight is 245 g/mol. The van der Waals surface area contributed by atoms with Crippen LogP contribution < -0.4 is 0 Å². The number of carbonyl (C=O) groups is 3. The Morgan fingerprint density at radius 2 is 2.00 bits per heavy atom. The first-order chi connectivity index (χ1) is 7.52. The van der Waals surface area contributed by atoms with Gasteiger partial charge < -0.3 is 5.11 Å². The minimum atomic E-state index is -0.841. The van der Waals surface area contributed by atoms with Gasteiger partial charge in [-0.25, -0.2) is 0 Å². The van der Waals surface area contributed by atoms with E-state index in [-0.39, 0.29) is 11.8 Å². The normalized spacial score (nSPS) is 18.7. The van der Waals surface area contributed by atoms with Gasteiger partial charge in [0, 0.05) is 6.54 Å². The lowest BCUT2D eigenvalue weighted by atomic mass is 10.1. The number of nitrogens with zero attached hydrogens (tertiary/aromatic N) is 1. The molecule has 1 aliphatic heterocycles. The van der Waals surface area contributed by atoms with E-state index in [0.717, 1.165) is 0 Å². The molecule has 1 saturated heterocycles. The van der Waals surface area contributed by atoms with Crippen molar-refractivity contribution in [2.24, 2.45) is 5.92 Å². The zero-order chi connectivity index (χ0) is 12.1. The monoisotopic (exact) mass is 245 g/mol. The highest BCUT2D eigenvalue weighted by Crippen LogP contribution is 2.14. The zero-order valence-electron chi connectivity index (χ0n) is 9.14. The topological polar surface area (TPSA) is 74.7 Å². The summed E-state index contributed by atoms with van der Waals surface area (Å²) in [6.45, 7) is 1.97. The Balaban J connectivity index is 2.33. The molecule has 0 bridgehead atoms. The molecule has 0 saturated carbocycles. The van der Waals surface area contributed by atoms with E-state index in [1.807, 2.05) is 0 Å². The van der Waals surface area contributed by atoms with E-state index < -0.39 is 11.9 Å². The Morgan fingerprint density at radius 3 is 2.50 bits per heavy atom. The van der Waals surface area contributed by atoms with Gasteiger partial charge in [-0.2, -0.15) is 0 Å². The Morgan fingerprint density at radius 1 is 1.44 bits per heavy atom. The summed E-state index contributed by atoms with van der Waals surface area (Å²) >= 11 is 1.32.